The first-order chi connectivity index (χ1) is 31.0. The number of ketones is 1. The van der Waals surface area contributed by atoms with Crippen LogP contribution < -0.4 is 15.1 Å². The molecule has 2 saturated heterocycles. The maximum Gasteiger partial charge on any atom is 0.471 e. The number of hydrogen-bond donors (Lipinski definition) is 1. The zero-order valence-electron chi connectivity index (χ0n) is 34.1. The Bertz CT molecular complexity index is 2390. The number of carbonyl (C=O) groups excluding carboxylic acids is 4. The van der Waals surface area contributed by atoms with Gasteiger partial charge in [-0.05, 0) is 71.8 Å². The summed E-state index contributed by atoms with van der Waals surface area (Å²) in [6.45, 7) is 2.86. The lowest BCUT2D eigenvalue weighted by Gasteiger charge is -2.33. The van der Waals surface area contributed by atoms with Crippen molar-refractivity contribution in [2.45, 2.75) is 25.4 Å². The summed E-state index contributed by atoms with van der Waals surface area (Å²) in [6.07, 6.45) is -9.79. The van der Waals surface area contributed by atoms with Gasteiger partial charge in [-0.25, -0.2) is 18.4 Å². The summed E-state index contributed by atoms with van der Waals surface area (Å²) in [5.41, 5.74) is 2.74. The van der Waals surface area contributed by atoms with Gasteiger partial charge in [-0.1, -0.05) is 36.4 Å². The second kappa shape index (κ2) is 21.2. The van der Waals surface area contributed by atoms with Crippen LogP contribution in [0.1, 0.15) is 27.4 Å². The Hall–Kier alpha value is -6.94. The minimum absolute atomic E-state index is 0.106. The lowest BCUT2D eigenvalue weighted by molar-refractivity contribution is -0.173. The van der Waals surface area contributed by atoms with E-state index in [0.717, 1.165) is 0 Å². The third-order valence-corrected chi connectivity index (χ3v) is 9.79. The highest BCUT2D eigenvalue weighted by atomic mass is 19.4. The number of ether oxygens (including phenoxy) is 2. The largest absolute Gasteiger partial charge is 0.471 e. The Kier molecular flexibility index (Phi) is 15.5. The third kappa shape index (κ3) is 13.1. The van der Waals surface area contributed by atoms with E-state index in [4.69, 9.17) is 9.47 Å². The molecule has 0 unspecified atom stereocenters. The third-order valence-electron chi connectivity index (χ3n) is 9.79. The summed E-state index contributed by atoms with van der Waals surface area (Å²) in [6, 6.07) is 22.7. The summed E-state index contributed by atoms with van der Waals surface area (Å²) >= 11 is 0. The Morgan fingerprint density at radius 1 is 0.600 bits per heavy atom. The van der Waals surface area contributed by atoms with Gasteiger partial charge in [0, 0.05) is 48.7 Å². The molecule has 1 aromatic heterocycles. The second-order valence-electron chi connectivity index (χ2n) is 14.3. The van der Waals surface area contributed by atoms with E-state index < -0.39 is 48.1 Å². The molecule has 2 fully saturated rings. The fourth-order valence-electron chi connectivity index (χ4n) is 6.36. The Labute approximate surface area is 365 Å². The minimum atomic E-state index is -5.07. The van der Waals surface area contributed by atoms with Crippen LogP contribution in [0.5, 0.6) is 0 Å². The molecule has 0 bridgehead atoms. The quantitative estimate of drug-likeness (QED) is 0.111. The van der Waals surface area contributed by atoms with Crippen molar-refractivity contribution in [3.63, 3.8) is 0 Å². The van der Waals surface area contributed by atoms with E-state index in [-0.39, 0.29) is 36.6 Å². The van der Waals surface area contributed by atoms with E-state index in [0.29, 0.717) is 80.7 Å². The molecule has 2 aliphatic rings. The number of amides is 5. The zero-order chi connectivity index (χ0) is 46.7. The van der Waals surface area contributed by atoms with Crippen molar-refractivity contribution in [3.05, 3.63) is 131 Å². The van der Waals surface area contributed by atoms with Crippen LogP contribution in [0, 0.1) is 11.6 Å². The molecule has 5 aromatic rings. The number of hydrogen-bond acceptors (Lipinski definition) is 9. The Morgan fingerprint density at radius 2 is 1.03 bits per heavy atom. The van der Waals surface area contributed by atoms with Crippen LogP contribution in [0.15, 0.2) is 101 Å². The molecule has 4 aromatic carbocycles. The molecule has 5 amide bonds. The predicted octanol–water partition coefficient (Wildman–Crippen LogP) is 7.50. The highest BCUT2D eigenvalue weighted by molar-refractivity contribution is 6.00. The van der Waals surface area contributed by atoms with E-state index in [2.05, 4.69) is 14.6 Å². The first kappa shape index (κ1) is 47.5. The number of carbonyl (C=O) groups is 4. The second-order valence-corrected chi connectivity index (χ2v) is 14.3. The first-order valence-electron chi connectivity index (χ1n) is 19.7. The first-order valence-corrected chi connectivity index (χ1v) is 19.7. The van der Waals surface area contributed by atoms with Crippen molar-refractivity contribution in [1.82, 2.24) is 25.3 Å². The van der Waals surface area contributed by atoms with Crippen LogP contribution in [-0.2, 0) is 33.5 Å². The molecule has 344 valence electrons. The Balaban J connectivity index is 0.000000215. The van der Waals surface area contributed by atoms with Crippen LogP contribution in [0.25, 0.3) is 11.5 Å². The van der Waals surface area contributed by atoms with Crippen molar-refractivity contribution in [2.24, 2.45) is 0 Å². The highest BCUT2D eigenvalue weighted by Gasteiger charge is 2.39. The molecule has 0 radical (unpaired) electrons. The Morgan fingerprint density at radius 3 is 1.43 bits per heavy atom. The monoisotopic (exact) mass is 917 g/mol. The molecule has 0 saturated carbocycles. The van der Waals surface area contributed by atoms with Gasteiger partial charge in [0.25, 0.3) is 0 Å². The topological polar surface area (TPSA) is 151 Å². The zero-order valence-corrected chi connectivity index (χ0v) is 34.1. The molecular formula is C43H39F8N7O7. The number of nitrogens with one attached hydrogen (secondary N) is 1. The smallest absolute Gasteiger partial charge is 0.413 e. The average molecular weight is 918 g/mol. The van der Waals surface area contributed by atoms with Crippen LogP contribution in [0.3, 0.4) is 0 Å². The van der Waals surface area contributed by atoms with Crippen molar-refractivity contribution in [3.8, 4) is 11.5 Å². The predicted molar refractivity (Wildman–Crippen MR) is 215 cm³/mol. The highest BCUT2D eigenvalue weighted by Crippen LogP contribution is 2.31. The number of rotatable bonds is 10. The summed E-state index contributed by atoms with van der Waals surface area (Å²) in [4.78, 5) is 55.4. The lowest BCUT2D eigenvalue weighted by atomic mass is 10.1. The molecule has 7 rings (SSSR count). The minimum Gasteiger partial charge on any atom is -0.413 e. The number of alkyl halides is 6. The fraction of sp³-hybridized carbons (Fsp3) is 0.302. The number of benzene rings is 4. The van der Waals surface area contributed by atoms with Gasteiger partial charge in [0.2, 0.25) is 5.89 Å². The van der Waals surface area contributed by atoms with E-state index in [1.54, 1.807) is 34.1 Å². The molecule has 22 heteroatoms. The van der Waals surface area contributed by atoms with Crippen LogP contribution in [-0.4, -0.2) is 109 Å². The van der Waals surface area contributed by atoms with E-state index in [1.807, 2.05) is 0 Å². The number of nitrogens with zero attached hydrogens (tertiary/aromatic N) is 6. The molecular weight excluding hydrogens is 878 g/mol. The maximum atomic E-state index is 13.4. The standard InChI is InChI=1S/C22H21F4N3O4.C21H18F4N4O3/c23-17-5-7-18(8-6-17)29(21(32)28-9-11-33-12-10-28)14-15-1-3-16(4-2-15)19(30)13-27-20(31)22(24,25)26;22-16-5-7-17(8-6-16)29(20(30)28-9-11-31-12-10-28)13-14-1-3-15(4-2-14)18-26-27-19(32-18)21(23,24)25/h1-8H,9-14H2,(H,27,31);1-8H,9-13H2. The average Bonchev–Trinajstić information content (AvgIpc) is 3.82. The number of urea groups is 2. The number of anilines is 2. The van der Waals surface area contributed by atoms with E-state index in [1.165, 1.54) is 87.9 Å². The number of morpholine rings is 2. The molecule has 65 heavy (non-hydrogen) atoms. The van der Waals surface area contributed by atoms with Gasteiger partial charge >= 0.3 is 36.2 Å². The number of aromatic nitrogens is 2. The summed E-state index contributed by atoms with van der Waals surface area (Å²) in [7, 11) is 0. The lowest BCUT2D eigenvalue weighted by Crippen LogP contribution is -2.48. The SMILES string of the molecule is O=C(CNC(=O)C(F)(F)F)c1ccc(CN(C(=O)N2CCOCC2)c2ccc(F)cc2)cc1.O=C(N1CCOCC1)N(Cc1ccc(-c2nnc(C(F)(F)F)o2)cc1)c1ccc(F)cc1. The normalized spacial score (nSPS) is 14.2. The molecule has 2 aliphatic heterocycles. The van der Waals surface area contributed by atoms with Crippen LogP contribution >= 0.6 is 0 Å². The van der Waals surface area contributed by atoms with Gasteiger partial charge in [0.15, 0.2) is 5.78 Å². The van der Waals surface area contributed by atoms with Gasteiger partial charge < -0.3 is 29.0 Å². The van der Waals surface area contributed by atoms with Crippen molar-refractivity contribution >= 4 is 35.1 Å². The molecule has 3 heterocycles. The van der Waals surface area contributed by atoms with Crippen molar-refractivity contribution in [1.29, 1.82) is 0 Å². The summed E-state index contributed by atoms with van der Waals surface area (Å²) in [5.74, 6) is -5.44. The van der Waals surface area contributed by atoms with Gasteiger partial charge in [-0.2, -0.15) is 26.3 Å². The van der Waals surface area contributed by atoms with Gasteiger partial charge in [0.1, 0.15) is 11.6 Å². The fourth-order valence-corrected chi connectivity index (χ4v) is 6.36. The van der Waals surface area contributed by atoms with Crippen LogP contribution in [0.4, 0.5) is 56.1 Å². The van der Waals surface area contributed by atoms with Crippen molar-refractivity contribution in [2.75, 3.05) is 69.0 Å². The van der Waals surface area contributed by atoms with Crippen molar-refractivity contribution < 1.29 is 68.2 Å². The molecule has 0 aliphatic carbocycles. The van der Waals surface area contributed by atoms with Gasteiger partial charge in [-0.3, -0.25) is 19.4 Å². The molecule has 0 atom stereocenters. The summed E-state index contributed by atoms with van der Waals surface area (Å²) in [5, 5.41) is 7.98. The van der Waals surface area contributed by atoms with E-state index in [9.17, 15) is 54.3 Å². The van der Waals surface area contributed by atoms with E-state index >= 15 is 0 Å². The summed E-state index contributed by atoms with van der Waals surface area (Å²) < 4.78 is 117. The molecule has 14 nitrogen and oxygen atoms in total. The van der Waals surface area contributed by atoms with Gasteiger partial charge in [-0.15, -0.1) is 10.2 Å². The van der Waals surface area contributed by atoms with Gasteiger partial charge in [0.05, 0.1) is 46.1 Å². The molecule has 1 N–H and O–H groups in total. The maximum absolute atomic E-state index is 13.4. The van der Waals surface area contributed by atoms with Crippen LogP contribution in [0.2, 0.25) is 0 Å². The molecule has 0 spiro atoms. The number of halogens is 8. The number of Topliss-reactive ketones (excluding diaryl/α,β-unsaturated/α-hetero) is 1.